The summed E-state index contributed by atoms with van der Waals surface area (Å²) in [6.07, 6.45) is 3.96. The fourth-order valence-corrected chi connectivity index (χ4v) is 2.31. The first-order chi connectivity index (χ1) is 9.65. The highest BCUT2D eigenvalue weighted by Gasteiger charge is 2.27. The molecule has 0 atom stereocenters. The van der Waals surface area contributed by atoms with E-state index in [9.17, 15) is 10.1 Å². The van der Waals surface area contributed by atoms with Crippen LogP contribution < -0.4 is 10.2 Å². The smallest absolute Gasteiger partial charge is 0.276 e. The molecule has 1 saturated carbocycles. The van der Waals surface area contributed by atoms with Crippen molar-refractivity contribution in [2.45, 2.75) is 31.7 Å². The number of pyridine rings is 1. The maximum Gasteiger partial charge on any atom is 0.276 e. The Hall–Kier alpha value is -1.89. The van der Waals surface area contributed by atoms with Gasteiger partial charge in [-0.05, 0) is 25.7 Å². The highest BCUT2D eigenvalue weighted by Crippen LogP contribution is 2.31. The van der Waals surface area contributed by atoms with Gasteiger partial charge in [0.25, 0.3) is 5.69 Å². The summed E-state index contributed by atoms with van der Waals surface area (Å²) >= 11 is 0. The fourth-order valence-electron chi connectivity index (χ4n) is 2.31. The van der Waals surface area contributed by atoms with Crippen LogP contribution in [0.25, 0.3) is 0 Å². The number of aliphatic hydroxyl groups is 1. The Balaban J connectivity index is 2.30. The SMILES string of the molecule is CNc1cc([N+](=O)[O-])cc(N(CCCO)C2CCC2)n1. The normalized spacial score (nSPS) is 14.7. The zero-order valence-corrected chi connectivity index (χ0v) is 11.6. The molecule has 110 valence electrons. The van der Waals surface area contributed by atoms with Gasteiger partial charge in [0, 0.05) is 26.2 Å². The number of aliphatic hydroxyl groups excluding tert-OH is 1. The summed E-state index contributed by atoms with van der Waals surface area (Å²) in [4.78, 5) is 17.1. The molecule has 1 fully saturated rings. The van der Waals surface area contributed by atoms with Crippen LogP contribution in [0.1, 0.15) is 25.7 Å². The van der Waals surface area contributed by atoms with Crippen molar-refractivity contribution in [3.63, 3.8) is 0 Å². The molecule has 1 aliphatic carbocycles. The van der Waals surface area contributed by atoms with Crippen molar-refractivity contribution >= 4 is 17.3 Å². The van der Waals surface area contributed by atoms with E-state index in [4.69, 9.17) is 5.11 Å². The zero-order valence-electron chi connectivity index (χ0n) is 11.6. The zero-order chi connectivity index (χ0) is 14.5. The van der Waals surface area contributed by atoms with Crippen LogP contribution in [-0.2, 0) is 0 Å². The molecule has 1 aromatic heterocycles. The maximum absolute atomic E-state index is 11.0. The van der Waals surface area contributed by atoms with Crippen molar-refractivity contribution in [2.24, 2.45) is 0 Å². The van der Waals surface area contributed by atoms with E-state index in [0.717, 1.165) is 12.8 Å². The monoisotopic (exact) mass is 280 g/mol. The summed E-state index contributed by atoms with van der Waals surface area (Å²) < 4.78 is 0. The predicted molar refractivity (Wildman–Crippen MR) is 77.1 cm³/mol. The third-order valence-electron chi connectivity index (χ3n) is 3.63. The van der Waals surface area contributed by atoms with E-state index in [0.29, 0.717) is 30.6 Å². The minimum absolute atomic E-state index is 0.0349. The van der Waals surface area contributed by atoms with Crippen LogP contribution in [0.4, 0.5) is 17.3 Å². The Morgan fingerprint density at radius 2 is 2.30 bits per heavy atom. The molecular weight excluding hydrogens is 260 g/mol. The van der Waals surface area contributed by atoms with Crippen molar-refractivity contribution in [1.82, 2.24) is 4.98 Å². The average molecular weight is 280 g/mol. The van der Waals surface area contributed by atoms with E-state index < -0.39 is 4.92 Å². The van der Waals surface area contributed by atoms with E-state index in [-0.39, 0.29) is 12.3 Å². The number of anilines is 2. The second kappa shape index (κ2) is 6.51. The molecular formula is C13H20N4O3. The van der Waals surface area contributed by atoms with Gasteiger partial charge in [-0.1, -0.05) is 0 Å². The van der Waals surface area contributed by atoms with Crippen molar-refractivity contribution in [3.8, 4) is 0 Å². The Morgan fingerprint density at radius 1 is 1.55 bits per heavy atom. The van der Waals surface area contributed by atoms with Crippen LogP contribution >= 0.6 is 0 Å². The molecule has 0 amide bonds. The van der Waals surface area contributed by atoms with Crippen LogP contribution in [0.5, 0.6) is 0 Å². The maximum atomic E-state index is 11.0. The van der Waals surface area contributed by atoms with E-state index in [1.54, 1.807) is 7.05 Å². The molecule has 2 N–H and O–H groups in total. The van der Waals surface area contributed by atoms with Gasteiger partial charge >= 0.3 is 0 Å². The lowest BCUT2D eigenvalue weighted by atomic mass is 9.91. The van der Waals surface area contributed by atoms with Crippen molar-refractivity contribution in [2.75, 3.05) is 30.4 Å². The van der Waals surface area contributed by atoms with E-state index >= 15 is 0 Å². The summed E-state index contributed by atoms with van der Waals surface area (Å²) in [5, 5.41) is 22.9. The molecule has 0 aromatic carbocycles. The molecule has 20 heavy (non-hydrogen) atoms. The Labute approximate surface area is 117 Å². The molecule has 1 heterocycles. The molecule has 7 nitrogen and oxygen atoms in total. The molecule has 0 unspecified atom stereocenters. The van der Waals surface area contributed by atoms with Gasteiger partial charge in [0.2, 0.25) is 0 Å². The van der Waals surface area contributed by atoms with Gasteiger partial charge < -0.3 is 15.3 Å². The van der Waals surface area contributed by atoms with Gasteiger partial charge in [0.05, 0.1) is 17.1 Å². The first kappa shape index (κ1) is 14.5. The number of hydrogen-bond acceptors (Lipinski definition) is 6. The molecule has 0 spiro atoms. The molecule has 1 aliphatic rings. The molecule has 0 aliphatic heterocycles. The quantitative estimate of drug-likeness (QED) is 0.584. The topological polar surface area (TPSA) is 91.5 Å². The minimum atomic E-state index is -0.406. The first-order valence-electron chi connectivity index (χ1n) is 6.87. The van der Waals surface area contributed by atoms with Gasteiger partial charge in [0.15, 0.2) is 0 Å². The lowest BCUT2D eigenvalue weighted by Gasteiger charge is -2.38. The summed E-state index contributed by atoms with van der Waals surface area (Å²) in [7, 11) is 1.69. The first-order valence-corrected chi connectivity index (χ1v) is 6.87. The number of hydrogen-bond donors (Lipinski definition) is 2. The molecule has 1 aromatic rings. The van der Waals surface area contributed by atoms with Crippen LogP contribution in [0.15, 0.2) is 12.1 Å². The number of nitro groups is 1. The summed E-state index contributed by atoms with van der Waals surface area (Å²) in [6, 6.07) is 3.31. The lowest BCUT2D eigenvalue weighted by molar-refractivity contribution is -0.384. The van der Waals surface area contributed by atoms with Crippen LogP contribution in [0.3, 0.4) is 0 Å². The minimum Gasteiger partial charge on any atom is -0.396 e. The molecule has 7 heteroatoms. The second-order valence-electron chi connectivity index (χ2n) is 4.93. The van der Waals surface area contributed by atoms with E-state index in [1.165, 1.54) is 18.6 Å². The van der Waals surface area contributed by atoms with Crippen molar-refractivity contribution in [1.29, 1.82) is 0 Å². The number of aromatic nitrogens is 1. The lowest BCUT2D eigenvalue weighted by Crippen LogP contribution is -2.41. The molecule has 0 saturated heterocycles. The highest BCUT2D eigenvalue weighted by molar-refractivity contribution is 5.56. The van der Waals surface area contributed by atoms with Gasteiger partial charge in [-0.25, -0.2) is 4.98 Å². The average Bonchev–Trinajstić information content (AvgIpc) is 2.40. The largest absolute Gasteiger partial charge is 0.396 e. The van der Waals surface area contributed by atoms with E-state index in [1.807, 2.05) is 0 Å². The van der Waals surface area contributed by atoms with Gasteiger partial charge in [-0.15, -0.1) is 0 Å². The highest BCUT2D eigenvalue weighted by atomic mass is 16.6. The van der Waals surface area contributed by atoms with Crippen molar-refractivity contribution < 1.29 is 10.0 Å². The second-order valence-corrected chi connectivity index (χ2v) is 4.93. The Morgan fingerprint density at radius 3 is 2.80 bits per heavy atom. The summed E-state index contributed by atoms with van der Waals surface area (Å²) in [5.74, 6) is 1.10. The molecule has 2 rings (SSSR count). The van der Waals surface area contributed by atoms with Gasteiger partial charge in [-0.2, -0.15) is 0 Å². The van der Waals surface area contributed by atoms with Gasteiger partial charge in [0.1, 0.15) is 11.6 Å². The summed E-state index contributed by atoms with van der Waals surface area (Å²) in [5.41, 5.74) is 0.0349. The van der Waals surface area contributed by atoms with Gasteiger partial charge in [-0.3, -0.25) is 10.1 Å². The molecule has 0 bridgehead atoms. The molecule has 0 radical (unpaired) electrons. The fraction of sp³-hybridized carbons (Fsp3) is 0.615. The number of nitrogens with zero attached hydrogens (tertiary/aromatic N) is 3. The van der Waals surface area contributed by atoms with Crippen LogP contribution in [-0.4, -0.2) is 41.3 Å². The Kier molecular flexibility index (Phi) is 4.73. The Bertz CT molecular complexity index is 477. The van der Waals surface area contributed by atoms with Crippen LogP contribution in [0.2, 0.25) is 0 Å². The standard InChI is InChI=1S/C13H20N4O3/c1-14-12-8-11(17(19)20)9-13(15-12)16(6-3-7-18)10-4-2-5-10/h8-10,18H,2-7H2,1H3,(H,14,15). The van der Waals surface area contributed by atoms with Crippen LogP contribution in [0, 0.1) is 10.1 Å². The number of rotatable bonds is 7. The van der Waals surface area contributed by atoms with Crippen molar-refractivity contribution in [3.05, 3.63) is 22.2 Å². The number of nitrogens with one attached hydrogen (secondary N) is 1. The third kappa shape index (κ3) is 3.16. The summed E-state index contributed by atoms with van der Waals surface area (Å²) in [6.45, 7) is 0.773. The third-order valence-corrected chi connectivity index (χ3v) is 3.63. The predicted octanol–water partition coefficient (Wildman–Crippen LogP) is 1.77. The van der Waals surface area contributed by atoms with E-state index in [2.05, 4.69) is 15.2 Å².